The number of hydrogen-bond donors (Lipinski definition) is 2. The summed E-state index contributed by atoms with van der Waals surface area (Å²) >= 11 is 0. The Morgan fingerprint density at radius 2 is 1.47 bits per heavy atom. The molecule has 30 heavy (non-hydrogen) atoms. The van der Waals surface area contributed by atoms with Crippen molar-refractivity contribution in [2.45, 2.75) is 12.5 Å². The minimum atomic E-state index is -1.13. The quantitative estimate of drug-likeness (QED) is 0.517. The lowest BCUT2D eigenvalue weighted by Gasteiger charge is -2.14. The fraction of sp³-hybridized carbons (Fsp3) is 0.0833. The predicted octanol–water partition coefficient (Wildman–Crippen LogP) is 3.72. The summed E-state index contributed by atoms with van der Waals surface area (Å²) < 4.78 is 0. The third-order valence-corrected chi connectivity index (χ3v) is 4.77. The van der Waals surface area contributed by atoms with Crippen LogP contribution < -0.4 is 5.32 Å². The van der Waals surface area contributed by atoms with Gasteiger partial charge in [0.15, 0.2) is 0 Å². The second kappa shape index (κ2) is 8.53. The zero-order valence-electron chi connectivity index (χ0n) is 16.0. The Morgan fingerprint density at radius 3 is 2.17 bits per heavy atom. The number of amides is 1. The molecule has 6 heteroatoms. The van der Waals surface area contributed by atoms with Gasteiger partial charge in [0.25, 0.3) is 5.91 Å². The molecule has 0 unspecified atom stereocenters. The molecule has 4 rings (SSSR count). The van der Waals surface area contributed by atoms with E-state index in [0.717, 1.165) is 16.6 Å². The van der Waals surface area contributed by atoms with Crippen LogP contribution in [-0.2, 0) is 11.2 Å². The molecule has 0 spiro atoms. The molecule has 6 nitrogen and oxygen atoms in total. The summed E-state index contributed by atoms with van der Waals surface area (Å²) in [6.45, 7) is 0. The number of aliphatic carboxylic acids is 1. The molecule has 148 valence electrons. The maximum absolute atomic E-state index is 12.6. The number of nitrogens with zero attached hydrogens (tertiary/aromatic N) is 2. The highest BCUT2D eigenvalue weighted by molar-refractivity contribution is 5.97. The summed E-state index contributed by atoms with van der Waals surface area (Å²) in [4.78, 5) is 33.1. The molecule has 1 amide bonds. The van der Waals surface area contributed by atoms with Gasteiger partial charge in [0, 0.05) is 18.2 Å². The first-order chi connectivity index (χ1) is 14.6. The van der Waals surface area contributed by atoms with Crippen molar-refractivity contribution in [3.63, 3.8) is 0 Å². The van der Waals surface area contributed by atoms with Gasteiger partial charge < -0.3 is 10.4 Å². The van der Waals surface area contributed by atoms with Crippen LogP contribution in [0.25, 0.3) is 22.2 Å². The molecule has 0 aliphatic carbocycles. The molecule has 0 bridgehead atoms. The Labute approximate surface area is 173 Å². The molecule has 0 fully saturated rings. The van der Waals surface area contributed by atoms with E-state index >= 15 is 0 Å². The molecule has 0 radical (unpaired) electrons. The average Bonchev–Trinajstić information content (AvgIpc) is 2.79. The van der Waals surface area contributed by atoms with E-state index in [1.807, 2.05) is 66.7 Å². The number of nitrogens with one attached hydrogen (secondary N) is 1. The normalized spacial score (nSPS) is 11.7. The summed E-state index contributed by atoms with van der Waals surface area (Å²) in [5.41, 5.74) is 4.33. The number of aromatic nitrogens is 2. The first-order valence-corrected chi connectivity index (χ1v) is 9.50. The van der Waals surface area contributed by atoms with Crippen LogP contribution in [0.5, 0.6) is 0 Å². The number of carbonyl (C=O) groups is 2. The molecule has 0 aliphatic heterocycles. The van der Waals surface area contributed by atoms with Crippen LogP contribution in [0, 0.1) is 0 Å². The van der Waals surface area contributed by atoms with Crippen molar-refractivity contribution in [1.29, 1.82) is 0 Å². The second-order valence-electron chi connectivity index (χ2n) is 6.86. The average molecular weight is 397 g/mol. The Bertz CT molecular complexity index is 1190. The van der Waals surface area contributed by atoms with Crippen molar-refractivity contribution in [1.82, 2.24) is 15.3 Å². The number of hydrogen-bond acceptors (Lipinski definition) is 4. The van der Waals surface area contributed by atoms with Gasteiger partial charge in [-0.3, -0.25) is 9.78 Å². The Morgan fingerprint density at radius 1 is 0.833 bits per heavy atom. The van der Waals surface area contributed by atoms with Crippen LogP contribution in [0.1, 0.15) is 16.1 Å². The van der Waals surface area contributed by atoms with Gasteiger partial charge in [-0.25, -0.2) is 9.78 Å². The summed E-state index contributed by atoms with van der Waals surface area (Å²) in [6.07, 6.45) is 1.58. The Kier molecular flexibility index (Phi) is 5.48. The van der Waals surface area contributed by atoms with Gasteiger partial charge in [0.05, 0.1) is 16.7 Å². The lowest BCUT2D eigenvalue weighted by molar-refractivity contribution is -0.139. The van der Waals surface area contributed by atoms with E-state index in [1.54, 1.807) is 18.3 Å². The number of carboxylic acid groups (broad SMARTS) is 1. The molecular weight excluding hydrogens is 378 g/mol. The largest absolute Gasteiger partial charge is 0.480 e. The molecule has 4 aromatic rings. The SMILES string of the molecule is O=C(N[C@@H](Cc1cnc2ccccc2n1)C(=O)O)c1ccc(-c2ccccc2)cc1. The van der Waals surface area contributed by atoms with Gasteiger partial charge in [-0.05, 0) is 35.4 Å². The van der Waals surface area contributed by atoms with Crippen molar-refractivity contribution in [3.05, 3.63) is 96.3 Å². The maximum atomic E-state index is 12.6. The van der Waals surface area contributed by atoms with Crippen LogP contribution in [0.2, 0.25) is 0 Å². The lowest BCUT2D eigenvalue weighted by Crippen LogP contribution is -2.42. The molecule has 1 atom stereocenters. The number of rotatable bonds is 6. The van der Waals surface area contributed by atoms with Crippen LogP contribution in [-0.4, -0.2) is 33.0 Å². The van der Waals surface area contributed by atoms with E-state index in [9.17, 15) is 14.7 Å². The van der Waals surface area contributed by atoms with Crippen molar-refractivity contribution < 1.29 is 14.7 Å². The fourth-order valence-corrected chi connectivity index (χ4v) is 3.19. The van der Waals surface area contributed by atoms with E-state index < -0.39 is 17.9 Å². The predicted molar refractivity (Wildman–Crippen MR) is 114 cm³/mol. The van der Waals surface area contributed by atoms with Gasteiger partial charge in [-0.15, -0.1) is 0 Å². The summed E-state index contributed by atoms with van der Waals surface area (Å²) in [5.74, 6) is -1.57. The van der Waals surface area contributed by atoms with E-state index in [2.05, 4.69) is 15.3 Å². The zero-order valence-corrected chi connectivity index (χ0v) is 16.0. The molecule has 0 aliphatic rings. The van der Waals surface area contributed by atoms with E-state index in [-0.39, 0.29) is 6.42 Å². The van der Waals surface area contributed by atoms with Crippen molar-refractivity contribution in [3.8, 4) is 11.1 Å². The van der Waals surface area contributed by atoms with Gasteiger partial charge >= 0.3 is 5.97 Å². The van der Waals surface area contributed by atoms with Crippen LogP contribution >= 0.6 is 0 Å². The molecule has 3 aromatic carbocycles. The summed E-state index contributed by atoms with van der Waals surface area (Å²) in [6, 6.07) is 23.1. The topological polar surface area (TPSA) is 92.2 Å². The van der Waals surface area contributed by atoms with Crippen LogP contribution in [0.15, 0.2) is 85.1 Å². The van der Waals surface area contributed by atoms with Crippen molar-refractivity contribution in [2.24, 2.45) is 0 Å². The van der Waals surface area contributed by atoms with Gasteiger partial charge in [0.1, 0.15) is 6.04 Å². The molecular formula is C24H19N3O3. The van der Waals surface area contributed by atoms with Crippen molar-refractivity contribution in [2.75, 3.05) is 0 Å². The zero-order chi connectivity index (χ0) is 20.9. The highest BCUT2D eigenvalue weighted by Gasteiger charge is 2.22. The molecule has 0 saturated carbocycles. The van der Waals surface area contributed by atoms with Gasteiger partial charge in [-0.1, -0.05) is 54.6 Å². The minimum absolute atomic E-state index is 0.0427. The van der Waals surface area contributed by atoms with Crippen molar-refractivity contribution >= 4 is 22.9 Å². The third kappa shape index (κ3) is 4.33. The molecule has 1 heterocycles. The Hall–Kier alpha value is -4.06. The van der Waals surface area contributed by atoms with Gasteiger partial charge in [-0.2, -0.15) is 0 Å². The standard InChI is InChI=1S/C24H19N3O3/c28-23(18-12-10-17(11-13-18)16-6-2-1-3-7-16)27-22(24(29)30)14-19-15-25-20-8-4-5-9-21(20)26-19/h1-13,15,22H,14H2,(H,27,28)(H,29,30)/t22-/m0/s1. The molecule has 1 aromatic heterocycles. The number of para-hydroxylation sites is 2. The van der Waals surface area contributed by atoms with Crippen LogP contribution in [0.3, 0.4) is 0 Å². The molecule has 2 N–H and O–H groups in total. The number of benzene rings is 3. The number of fused-ring (bicyclic) bond motifs is 1. The fourth-order valence-electron chi connectivity index (χ4n) is 3.19. The second-order valence-corrected chi connectivity index (χ2v) is 6.86. The first kappa shape index (κ1) is 19.3. The van der Waals surface area contributed by atoms with E-state index in [1.165, 1.54) is 0 Å². The summed E-state index contributed by atoms with van der Waals surface area (Å²) in [7, 11) is 0. The van der Waals surface area contributed by atoms with Crippen LogP contribution in [0.4, 0.5) is 0 Å². The highest BCUT2D eigenvalue weighted by Crippen LogP contribution is 2.19. The molecule has 0 saturated heterocycles. The minimum Gasteiger partial charge on any atom is -0.480 e. The maximum Gasteiger partial charge on any atom is 0.326 e. The van der Waals surface area contributed by atoms with E-state index in [4.69, 9.17) is 0 Å². The summed E-state index contributed by atoms with van der Waals surface area (Å²) in [5, 5.41) is 12.2. The third-order valence-electron chi connectivity index (χ3n) is 4.77. The first-order valence-electron chi connectivity index (χ1n) is 9.50. The van der Waals surface area contributed by atoms with Gasteiger partial charge in [0.2, 0.25) is 0 Å². The monoisotopic (exact) mass is 397 g/mol. The number of carbonyl (C=O) groups excluding carboxylic acids is 1. The van der Waals surface area contributed by atoms with E-state index in [0.29, 0.717) is 16.8 Å². The smallest absolute Gasteiger partial charge is 0.326 e. The highest BCUT2D eigenvalue weighted by atomic mass is 16.4. The Balaban J connectivity index is 1.48. The number of carboxylic acids is 1. The lowest BCUT2D eigenvalue weighted by atomic mass is 10.0.